The minimum atomic E-state index is -4.95. The highest BCUT2D eigenvalue weighted by molar-refractivity contribution is 7.47. The molecule has 92 heavy (non-hydrogen) atoms. The number of phosphoric ester groups is 2. The van der Waals surface area contributed by atoms with Gasteiger partial charge in [-0.2, -0.15) is 0 Å². The van der Waals surface area contributed by atoms with Crippen LogP contribution >= 0.6 is 15.6 Å². The van der Waals surface area contributed by atoms with E-state index in [0.29, 0.717) is 31.6 Å². The molecule has 0 aliphatic heterocycles. The van der Waals surface area contributed by atoms with Gasteiger partial charge in [-0.1, -0.05) is 324 Å². The zero-order valence-corrected chi connectivity index (χ0v) is 61.6. The first-order valence-corrected chi connectivity index (χ1v) is 41.0. The molecule has 0 saturated carbocycles. The van der Waals surface area contributed by atoms with E-state index in [4.69, 9.17) is 37.0 Å². The Hall–Kier alpha value is -1.94. The Kier molecular flexibility index (Phi) is 63.7. The fourth-order valence-electron chi connectivity index (χ4n) is 11.1. The lowest BCUT2D eigenvalue weighted by Gasteiger charge is -2.21. The molecule has 0 heterocycles. The highest BCUT2D eigenvalue weighted by Crippen LogP contribution is 2.45. The third-order valence-electron chi connectivity index (χ3n) is 17.0. The lowest BCUT2D eigenvalue weighted by atomic mass is 10.0. The van der Waals surface area contributed by atoms with Crippen molar-refractivity contribution < 1.29 is 80.2 Å². The number of rotatable bonds is 72. The summed E-state index contributed by atoms with van der Waals surface area (Å²) in [5, 5.41) is 10.6. The van der Waals surface area contributed by atoms with Gasteiger partial charge in [-0.05, 0) is 37.5 Å². The molecule has 0 radical (unpaired) electrons. The van der Waals surface area contributed by atoms with Crippen molar-refractivity contribution >= 4 is 39.5 Å². The van der Waals surface area contributed by atoms with Gasteiger partial charge in [0.15, 0.2) is 12.2 Å². The van der Waals surface area contributed by atoms with Crippen LogP contribution in [0.2, 0.25) is 0 Å². The number of carbonyl (C=O) groups excluding carboxylic acids is 4. The van der Waals surface area contributed by atoms with Crippen LogP contribution in [0.3, 0.4) is 0 Å². The maximum Gasteiger partial charge on any atom is 0.472 e. The van der Waals surface area contributed by atoms with E-state index in [1.54, 1.807) is 0 Å². The molecule has 17 nitrogen and oxygen atoms in total. The molecule has 0 aliphatic carbocycles. The standard InChI is InChI=1S/C73H142O17P2/c1-7-9-11-13-15-17-18-19-20-21-22-23-24-25-26-27-33-39-45-51-57-72(77)89-68(61-84-71(76)56-50-44-38-32-29-28-31-35-41-47-53-65(3)4)63-87-91(79,80)85-59-67(74)60-86-92(81,82)88-64-69(62-83-70(75)55-49-43-37-30-16-14-12-10-8-2)90-73(78)58-52-46-40-34-36-42-48-54-66(5)6/h65-69,74H,7-64H2,1-6H3,(H,79,80)(H,81,82)/t67-,68-,69-/m1/s1. The van der Waals surface area contributed by atoms with Crippen molar-refractivity contribution in [1.29, 1.82) is 0 Å². The predicted octanol–water partition coefficient (Wildman–Crippen LogP) is 21.2. The van der Waals surface area contributed by atoms with Crippen molar-refractivity contribution in [3.05, 3.63) is 0 Å². The first-order valence-electron chi connectivity index (χ1n) is 38.0. The Bertz CT molecular complexity index is 1790. The van der Waals surface area contributed by atoms with Crippen molar-refractivity contribution in [2.45, 2.75) is 394 Å². The molecule has 0 aromatic heterocycles. The molecule has 19 heteroatoms. The van der Waals surface area contributed by atoms with Crippen LogP contribution in [0.5, 0.6) is 0 Å². The van der Waals surface area contributed by atoms with Crippen LogP contribution in [-0.2, 0) is 65.4 Å². The van der Waals surface area contributed by atoms with E-state index in [9.17, 15) is 43.2 Å². The number of phosphoric acid groups is 2. The van der Waals surface area contributed by atoms with Gasteiger partial charge in [0.25, 0.3) is 0 Å². The Morgan fingerprint density at radius 3 is 0.739 bits per heavy atom. The van der Waals surface area contributed by atoms with Crippen LogP contribution in [0.1, 0.15) is 375 Å². The summed E-state index contributed by atoms with van der Waals surface area (Å²) in [6.45, 7) is 9.48. The molecule has 0 fully saturated rings. The van der Waals surface area contributed by atoms with E-state index in [1.165, 1.54) is 193 Å². The number of carbonyl (C=O) groups is 4. The summed E-state index contributed by atoms with van der Waals surface area (Å²) in [6, 6.07) is 0. The number of esters is 4. The number of hydrogen-bond acceptors (Lipinski definition) is 15. The van der Waals surface area contributed by atoms with Crippen LogP contribution in [-0.4, -0.2) is 96.7 Å². The molecular formula is C73H142O17P2. The fraction of sp³-hybridized carbons (Fsp3) is 0.945. The Morgan fingerprint density at radius 2 is 0.500 bits per heavy atom. The van der Waals surface area contributed by atoms with E-state index >= 15 is 0 Å². The minimum absolute atomic E-state index is 0.103. The highest BCUT2D eigenvalue weighted by Gasteiger charge is 2.30. The van der Waals surface area contributed by atoms with Crippen LogP contribution in [0.25, 0.3) is 0 Å². The highest BCUT2D eigenvalue weighted by atomic mass is 31.2. The topological polar surface area (TPSA) is 237 Å². The van der Waals surface area contributed by atoms with Crippen molar-refractivity contribution in [2.24, 2.45) is 11.8 Å². The molecule has 0 spiro atoms. The van der Waals surface area contributed by atoms with Crippen molar-refractivity contribution in [3.8, 4) is 0 Å². The van der Waals surface area contributed by atoms with Crippen molar-refractivity contribution in [2.75, 3.05) is 39.6 Å². The minimum Gasteiger partial charge on any atom is -0.462 e. The number of aliphatic hydroxyl groups excluding tert-OH is 1. The van der Waals surface area contributed by atoms with Gasteiger partial charge in [-0.25, -0.2) is 9.13 Å². The maximum atomic E-state index is 13.1. The van der Waals surface area contributed by atoms with Crippen LogP contribution < -0.4 is 0 Å². The molecule has 0 aromatic carbocycles. The van der Waals surface area contributed by atoms with Gasteiger partial charge in [-0.3, -0.25) is 37.3 Å². The molecule has 2 unspecified atom stereocenters. The number of hydrogen-bond donors (Lipinski definition) is 3. The smallest absolute Gasteiger partial charge is 0.462 e. The second-order valence-electron chi connectivity index (χ2n) is 27.3. The zero-order valence-electron chi connectivity index (χ0n) is 59.9. The fourth-order valence-corrected chi connectivity index (χ4v) is 12.7. The molecule has 3 N–H and O–H groups in total. The molecule has 5 atom stereocenters. The van der Waals surface area contributed by atoms with E-state index in [0.717, 1.165) is 95.8 Å². The lowest BCUT2D eigenvalue weighted by molar-refractivity contribution is -0.161. The summed E-state index contributed by atoms with van der Waals surface area (Å²) < 4.78 is 68.3. The van der Waals surface area contributed by atoms with Crippen LogP contribution in [0.15, 0.2) is 0 Å². The molecule has 0 aliphatic rings. The summed E-state index contributed by atoms with van der Waals surface area (Å²) in [6.07, 6.45) is 51.6. The predicted molar refractivity (Wildman–Crippen MR) is 372 cm³/mol. The zero-order chi connectivity index (χ0) is 67.9. The summed E-state index contributed by atoms with van der Waals surface area (Å²) >= 11 is 0. The first kappa shape index (κ1) is 90.1. The van der Waals surface area contributed by atoms with E-state index < -0.39 is 97.5 Å². The maximum absolute atomic E-state index is 13.1. The molecule has 0 saturated heterocycles. The van der Waals surface area contributed by atoms with Crippen molar-refractivity contribution in [3.63, 3.8) is 0 Å². The Balaban J connectivity index is 5.19. The van der Waals surface area contributed by atoms with E-state index in [-0.39, 0.29) is 25.7 Å². The summed E-state index contributed by atoms with van der Waals surface area (Å²) in [4.78, 5) is 72.6. The van der Waals surface area contributed by atoms with Crippen LogP contribution in [0, 0.1) is 11.8 Å². The van der Waals surface area contributed by atoms with Crippen molar-refractivity contribution in [1.82, 2.24) is 0 Å². The largest absolute Gasteiger partial charge is 0.472 e. The van der Waals surface area contributed by atoms with Gasteiger partial charge in [0.05, 0.1) is 26.4 Å². The molecule has 0 amide bonds. The first-order chi connectivity index (χ1) is 44.4. The van der Waals surface area contributed by atoms with Crippen LogP contribution in [0.4, 0.5) is 0 Å². The number of aliphatic hydroxyl groups is 1. The average Bonchev–Trinajstić information content (AvgIpc) is 3.26. The summed E-state index contributed by atoms with van der Waals surface area (Å²) in [5.41, 5.74) is 0. The Labute approximate surface area is 562 Å². The summed E-state index contributed by atoms with van der Waals surface area (Å²) in [7, 11) is -9.90. The second kappa shape index (κ2) is 65.0. The molecular weight excluding hydrogens is 1210 g/mol. The van der Waals surface area contributed by atoms with Gasteiger partial charge in [0, 0.05) is 25.7 Å². The normalized spacial score (nSPS) is 14.1. The van der Waals surface area contributed by atoms with Gasteiger partial charge in [-0.15, -0.1) is 0 Å². The number of unbranched alkanes of at least 4 members (excludes halogenated alkanes) is 42. The summed E-state index contributed by atoms with van der Waals surface area (Å²) in [5.74, 6) is -0.670. The Morgan fingerprint density at radius 1 is 0.293 bits per heavy atom. The monoisotopic (exact) mass is 1350 g/mol. The third kappa shape index (κ3) is 66.7. The van der Waals surface area contributed by atoms with Gasteiger partial charge in [0.2, 0.25) is 0 Å². The molecule has 0 bridgehead atoms. The SMILES string of the molecule is CCCCCCCCCCCCCCCCCCCCCCC(=O)O[C@H](COC(=O)CCCCCCCCCCCCC(C)C)COP(=O)(O)OC[C@@H](O)COP(=O)(O)OC[C@@H](COC(=O)CCCCCCCCCCC)OC(=O)CCCCCCCCCC(C)C. The third-order valence-corrected chi connectivity index (χ3v) is 18.9. The van der Waals surface area contributed by atoms with Gasteiger partial charge >= 0.3 is 39.5 Å². The number of ether oxygens (including phenoxy) is 4. The van der Waals surface area contributed by atoms with E-state index in [2.05, 4.69) is 41.5 Å². The molecule has 546 valence electrons. The van der Waals surface area contributed by atoms with Gasteiger partial charge in [0.1, 0.15) is 19.3 Å². The lowest BCUT2D eigenvalue weighted by Crippen LogP contribution is -2.30. The second-order valence-corrected chi connectivity index (χ2v) is 30.2. The van der Waals surface area contributed by atoms with E-state index in [1.807, 2.05) is 0 Å². The molecule has 0 aromatic rings. The quantitative estimate of drug-likeness (QED) is 0.0222. The van der Waals surface area contributed by atoms with Gasteiger partial charge < -0.3 is 33.8 Å². The molecule has 0 rings (SSSR count). The average molecular weight is 1350 g/mol.